The molecule has 8 nitrogen and oxygen atoms in total. The van der Waals surface area contributed by atoms with Crippen molar-refractivity contribution in [3.8, 4) is 5.69 Å². The van der Waals surface area contributed by atoms with E-state index in [0.717, 1.165) is 10.0 Å². The van der Waals surface area contributed by atoms with Crippen molar-refractivity contribution in [3.05, 3.63) is 75.0 Å². The number of aryl methyl sites for hydroxylation is 1. The van der Waals surface area contributed by atoms with Gasteiger partial charge in [-0.15, -0.1) is 10.2 Å². The molecule has 148 valence electrons. The van der Waals surface area contributed by atoms with Crippen molar-refractivity contribution in [1.29, 1.82) is 0 Å². The number of primary sulfonamides is 1. The Kier molecular flexibility index (Phi) is 4.89. The molecule has 0 aliphatic carbocycles. The molecular weight excluding hydrogens is 480 g/mol. The van der Waals surface area contributed by atoms with Gasteiger partial charge in [-0.1, -0.05) is 23.7 Å². The summed E-state index contributed by atoms with van der Waals surface area (Å²) >= 11 is 9.83. The molecule has 3 aromatic rings. The van der Waals surface area contributed by atoms with Crippen LogP contribution in [0.25, 0.3) is 5.69 Å². The minimum Gasteiger partial charge on any atom is -0.233 e. The Morgan fingerprint density at radius 3 is 2.48 bits per heavy atom. The van der Waals surface area contributed by atoms with Crippen LogP contribution in [-0.4, -0.2) is 24.4 Å². The molecule has 1 unspecified atom stereocenters. The fourth-order valence-corrected chi connectivity index (χ4v) is 4.39. The van der Waals surface area contributed by atoms with Crippen molar-refractivity contribution in [2.75, 3.05) is 0 Å². The lowest BCUT2D eigenvalue weighted by Gasteiger charge is -2.24. The molecule has 0 bridgehead atoms. The average molecular weight is 494 g/mol. The van der Waals surface area contributed by atoms with Gasteiger partial charge in [0.05, 0.1) is 32.7 Å². The Morgan fingerprint density at radius 2 is 1.90 bits per heavy atom. The van der Waals surface area contributed by atoms with Gasteiger partial charge in [0.2, 0.25) is 10.0 Å². The summed E-state index contributed by atoms with van der Waals surface area (Å²) in [5.74, 6) is 0. The average Bonchev–Trinajstić information content (AvgIpc) is 3.27. The number of nitrogens with zero attached hydrogens (tertiary/aromatic N) is 5. The molecule has 11 heteroatoms. The monoisotopic (exact) mass is 492 g/mol. The van der Waals surface area contributed by atoms with Gasteiger partial charge in [-0.3, -0.25) is 0 Å². The zero-order valence-corrected chi connectivity index (χ0v) is 18.1. The molecule has 2 aromatic carbocycles. The van der Waals surface area contributed by atoms with Crippen LogP contribution in [0.2, 0.25) is 5.02 Å². The lowest BCUT2D eigenvalue weighted by molar-refractivity contribution is 0.597. The Morgan fingerprint density at radius 1 is 1.17 bits per heavy atom. The standard InChI is InChI=1S/C18H14BrClN6O2S/c1-11-16(19)17(18(10-22-25-24-18)12-3-2-4-13(20)9-12)26(23-11)14-5-7-15(8-6-14)29(21,27)28/h2-10H,1H3,(H2,21,27,28). The van der Waals surface area contributed by atoms with E-state index < -0.39 is 15.6 Å². The molecule has 1 aliphatic rings. The number of hydrogen-bond donors (Lipinski definition) is 1. The van der Waals surface area contributed by atoms with Gasteiger partial charge in [0, 0.05) is 5.02 Å². The highest BCUT2D eigenvalue weighted by atomic mass is 79.9. The molecular formula is C18H14BrClN6O2S. The molecule has 0 saturated heterocycles. The van der Waals surface area contributed by atoms with Crippen molar-refractivity contribution in [2.24, 2.45) is 20.6 Å². The fourth-order valence-electron chi connectivity index (χ4n) is 3.14. The molecule has 1 aliphatic heterocycles. The van der Waals surface area contributed by atoms with E-state index in [2.05, 4.69) is 36.5 Å². The number of aromatic nitrogens is 2. The summed E-state index contributed by atoms with van der Waals surface area (Å²) in [7, 11) is -3.80. The van der Waals surface area contributed by atoms with E-state index in [9.17, 15) is 8.42 Å². The van der Waals surface area contributed by atoms with E-state index in [0.29, 0.717) is 22.1 Å². The highest BCUT2D eigenvalue weighted by Gasteiger charge is 2.42. The van der Waals surface area contributed by atoms with Crippen LogP contribution in [0.4, 0.5) is 0 Å². The fraction of sp³-hybridized carbons (Fsp3) is 0.111. The minimum absolute atomic E-state index is 0.0115. The normalized spacial score (nSPS) is 18.5. The summed E-state index contributed by atoms with van der Waals surface area (Å²) in [6.45, 7) is 1.84. The van der Waals surface area contributed by atoms with Crippen molar-refractivity contribution in [1.82, 2.24) is 9.78 Å². The Labute approximate surface area is 180 Å². The van der Waals surface area contributed by atoms with Crippen LogP contribution < -0.4 is 5.14 Å². The summed E-state index contributed by atoms with van der Waals surface area (Å²) in [6, 6.07) is 13.4. The highest BCUT2D eigenvalue weighted by molar-refractivity contribution is 9.10. The molecule has 1 aromatic heterocycles. The maximum absolute atomic E-state index is 11.6. The first-order valence-corrected chi connectivity index (χ1v) is 11.1. The predicted octanol–water partition coefficient (Wildman–Crippen LogP) is 3.94. The predicted molar refractivity (Wildman–Crippen MR) is 113 cm³/mol. The molecule has 0 amide bonds. The topological polar surface area (TPSA) is 115 Å². The molecule has 0 spiro atoms. The first kappa shape index (κ1) is 19.9. The Bertz CT molecular complexity index is 1260. The maximum atomic E-state index is 11.6. The third kappa shape index (κ3) is 3.42. The Hall–Kier alpha value is -2.40. The third-order valence-electron chi connectivity index (χ3n) is 4.52. The van der Waals surface area contributed by atoms with Crippen LogP contribution in [0, 0.1) is 6.92 Å². The molecule has 0 saturated carbocycles. The van der Waals surface area contributed by atoms with E-state index >= 15 is 0 Å². The zero-order valence-electron chi connectivity index (χ0n) is 15.0. The van der Waals surface area contributed by atoms with E-state index in [1.165, 1.54) is 12.1 Å². The van der Waals surface area contributed by atoms with Gasteiger partial charge in [0.25, 0.3) is 0 Å². The number of benzene rings is 2. The van der Waals surface area contributed by atoms with Gasteiger partial charge in [0.1, 0.15) is 0 Å². The van der Waals surface area contributed by atoms with Crippen molar-refractivity contribution in [2.45, 2.75) is 17.4 Å². The van der Waals surface area contributed by atoms with Gasteiger partial charge in [0.15, 0.2) is 5.54 Å². The van der Waals surface area contributed by atoms with Gasteiger partial charge >= 0.3 is 0 Å². The van der Waals surface area contributed by atoms with E-state index in [1.54, 1.807) is 35.2 Å². The first-order chi connectivity index (χ1) is 13.7. The zero-order chi connectivity index (χ0) is 20.8. The minimum atomic E-state index is -3.80. The van der Waals surface area contributed by atoms with Gasteiger partial charge in [-0.05, 0) is 70.0 Å². The first-order valence-electron chi connectivity index (χ1n) is 8.34. The molecule has 1 atom stereocenters. The molecule has 2 N–H and O–H groups in total. The third-order valence-corrected chi connectivity index (χ3v) is 6.64. The van der Waals surface area contributed by atoms with Crippen LogP contribution in [0.1, 0.15) is 17.0 Å². The van der Waals surface area contributed by atoms with Crippen LogP contribution in [-0.2, 0) is 15.6 Å². The van der Waals surface area contributed by atoms with Crippen LogP contribution in [0.3, 0.4) is 0 Å². The number of hydrogen-bond acceptors (Lipinski definition) is 6. The number of sulfonamides is 1. The molecule has 4 rings (SSSR count). The molecule has 29 heavy (non-hydrogen) atoms. The number of halogens is 2. The van der Waals surface area contributed by atoms with Crippen LogP contribution in [0.5, 0.6) is 0 Å². The van der Waals surface area contributed by atoms with Crippen LogP contribution in [0.15, 0.2) is 73.3 Å². The maximum Gasteiger partial charge on any atom is 0.238 e. The summed E-state index contributed by atoms with van der Waals surface area (Å²) < 4.78 is 25.5. The van der Waals surface area contributed by atoms with Crippen LogP contribution >= 0.6 is 27.5 Å². The van der Waals surface area contributed by atoms with Crippen molar-refractivity contribution in [3.63, 3.8) is 0 Å². The van der Waals surface area contributed by atoms with Gasteiger partial charge < -0.3 is 0 Å². The second-order valence-corrected chi connectivity index (χ2v) is 9.20. The lowest BCUT2D eigenvalue weighted by atomic mass is 9.88. The van der Waals surface area contributed by atoms with E-state index in [4.69, 9.17) is 16.7 Å². The van der Waals surface area contributed by atoms with Crippen molar-refractivity contribution >= 4 is 43.8 Å². The molecule has 2 heterocycles. The van der Waals surface area contributed by atoms with E-state index in [-0.39, 0.29) is 4.90 Å². The Balaban J connectivity index is 1.95. The molecule has 0 fully saturated rings. The smallest absolute Gasteiger partial charge is 0.233 e. The number of rotatable bonds is 4. The summed E-state index contributed by atoms with van der Waals surface area (Å²) in [5, 5.41) is 22.6. The SMILES string of the molecule is Cc1nn(-c2ccc(S(N)(=O)=O)cc2)c(C2(c3cccc(Cl)c3)C=NN=N2)c1Br. The largest absolute Gasteiger partial charge is 0.238 e. The van der Waals surface area contributed by atoms with Gasteiger partial charge in [-0.2, -0.15) is 5.10 Å². The lowest BCUT2D eigenvalue weighted by Crippen LogP contribution is -2.29. The van der Waals surface area contributed by atoms with Crippen molar-refractivity contribution < 1.29 is 8.42 Å². The van der Waals surface area contributed by atoms with E-state index in [1.807, 2.05) is 19.1 Å². The number of nitrogens with two attached hydrogens (primary N) is 1. The van der Waals surface area contributed by atoms with Gasteiger partial charge in [-0.25, -0.2) is 18.2 Å². The second-order valence-electron chi connectivity index (χ2n) is 6.41. The highest BCUT2D eigenvalue weighted by Crippen LogP contribution is 2.42. The summed E-state index contributed by atoms with van der Waals surface area (Å²) in [6.07, 6.45) is 1.62. The summed E-state index contributed by atoms with van der Waals surface area (Å²) in [5.41, 5.74) is 1.71. The second kappa shape index (κ2) is 7.13. The molecule has 0 radical (unpaired) electrons. The quantitative estimate of drug-likeness (QED) is 0.593. The summed E-state index contributed by atoms with van der Waals surface area (Å²) in [4.78, 5) is 0.0115.